The minimum Gasteiger partial charge on any atom is -0.496 e. The molecule has 0 aliphatic heterocycles. The van der Waals surface area contributed by atoms with Gasteiger partial charge in [0.15, 0.2) is 0 Å². The number of nitrogens with two attached hydrogens (primary N) is 1. The molecule has 3 nitrogen and oxygen atoms in total. The second kappa shape index (κ2) is 7.24. The average Bonchev–Trinajstić information content (AvgIpc) is 2.76. The van der Waals surface area contributed by atoms with Crippen LogP contribution in [0.4, 0.5) is 0 Å². The molecular formula is C13H13Br2ClN2OS. The zero-order valence-electron chi connectivity index (χ0n) is 10.6. The van der Waals surface area contributed by atoms with E-state index in [4.69, 9.17) is 22.2 Å². The highest BCUT2D eigenvalue weighted by Gasteiger charge is 2.17. The molecule has 0 aliphatic rings. The molecule has 0 saturated carbocycles. The second-order valence-electron chi connectivity index (χ2n) is 4.15. The van der Waals surface area contributed by atoms with E-state index in [2.05, 4.69) is 43.4 Å². The van der Waals surface area contributed by atoms with E-state index >= 15 is 0 Å². The number of rotatable bonds is 5. The van der Waals surface area contributed by atoms with Crippen molar-refractivity contribution in [2.24, 2.45) is 5.84 Å². The normalized spacial score (nSPS) is 12.4. The second-order valence-corrected chi connectivity index (χ2v) is 7.84. The molecule has 3 N–H and O–H groups in total. The summed E-state index contributed by atoms with van der Waals surface area (Å²) in [6.07, 6.45) is 0.694. The number of halogens is 3. The fraction of sp³-hybridized carbons (Fsp3) is 0.231. The largest absolute Gasteiger partial charge is 0.496 e. The zero-order chi connectivity index (χ0) is 14.7. The Labute approximate surface area is 143 Å². The van der Waals surface area contributed by atoms with Crippen molar-refractivity contribution in [1.82, 2.24) is 5.43 Å². The predicted octanol–water partition coefficient (Wildman–Crippen LogP) is 4.68. The summed E-state index contributed by atoms with van der Waals surface area (Å²) in [7, 11) is 1.65. The van der Waals surface area contributed by atoms with E-state index in [9.17, 15) is 0 Å². The number of benzene rings is 1. The Bertz CT molecular complexity index is 587. The van der Waals surface area contributed by atoms with Crippen LogP contribution >= 0.6 is 54.8 Å². The van der Waals surface area contributed by atoms with Crippen LogP contribution in [0.2, 0.25) is 5.02 Å². The molecule has 1 heterocycles. The van der Waals surface area contributed by atoms with Gasteiger partial charge in [0, 0.05) is 14.4 Å². The molecule has 1 unspecified atom stereocenters. The molecular weight excluding hydrogens is 427 g/mol. The van der Waals surface area contributed by atoms with Gasteiger partial charge in [-0.15, -0.1) is 11.3 Å². The topological polar surface area (TPSA) is 47.3 Å². The van der Waals surface area contributed by atoms with Crippen LogP contribution in [0.15, 0.2) is 32.5 Å². The van der Waals surface area contributed by atoms with E-state index < -0.39 is 0 Å². The van der Waals surface area contributed by atoms with Gasteiger partial charge >= 0.3 is 0 Å². The van der Waals surface area contributed by atoms with Crippen molar-refractivity contribution < 1.29 is 4.74 Å². The van der Waals surface area contributed by atoms with E-state index in [0.29, 0.717) is 11.4 Å². The van der Waals surface area contributed by atoms with Crippen LogP contribution in [-0.4, -0.2) is 7.11 Å². The van der Waals surface area contributed by atoms with Gasteiger partial charge in [-0.1, -0.05) is 11.6 Å². The maximum absolute atomic E-state index is 6.06. The lowest BCUT2D eigenvalue weighted by Crippen LogP contribution is -2.29. The van der Waals surface area contributed by atoms with Crippen molar-refractivity contribution in [3.05, 3.63) is 48.0 Å². The summed E-state index contributed by atoms with van der Waals surface area (Å²) < 4.78 is 7.44. The zero-order valence-corrected chi connectivity index (χ0v) is 15.4. The van der Waals surface area contributed by atoms with Crippen molar-refractivity contribution in [1.29, 1.82) is 0 Å². The monoisotopic (exact) mass is 438 g/mol. The third kappa shape index (κ3) is 3.75. The lowest BCUT2D eigenvalue weighted by atomic mass is 10.0. The molecule has 2 rings (SSSR count). The Balaban J connectivity index is 2.28. The predicted molar refractivity (Wildman–Crippen MR) is 91.5 cm³/mol. The first-order valence-electron chi connectivity index (χ1n) is 5.78. The number of methoxy groups -OCH3 is 1. The third-order valence-electron chi connectivity index (χ3n) is 2.88. The van der Waals surface area contributed by atoms with Gasteiger partial charge in [0.2, 0.25) is 0 Å². The molecule has 1 atom stereocenters. The summed E-state index contributed by atoms with van der Waals surface area (Å²) >= 11 is 14.7. The summed E-state index contributed by atoms with van der Waals surface area (Å²) in [5.41, 5.74) is 3.87. The quantitative estimate of drug-likeness (QED) is 0.524. The standard InChI is InChI=1S/C13H13Br2ClN2OS/c1-19-11-3-2-8(16)4-7(11)5-10(18-17)12-6-9(14)13(15)20-12/h2-4,6,10,18H,5,17H2,1H3. The lowest BCUT2D eigenvalue weighted by molar-refractivity contribution is 0.406. The SMILES string of the molecule is COc1ccc(Cl)cc1CC(NN)c1cc(Br)c(Br)s1. The summed E-state index contributed by atoms with van der Waals surface area (Å²) in [5.74, 6) is 6.50. The van der Waals surface area contributed by atoms with E-state index in [0.717, 1.165) is 24.4 Å². The molecule has 2 aromatic rings. The van der Waals surface area contributed by atoms with E-state index in [1.165, 1.54) is 0 Å². The lowest BCUT2D eigenvalue weighted by Gasteiger charge is -2.16. The van der Waals surface area contributed by atoms with Crippen LogP contribution in [0.5, 0.6) is 5.75 Å². The van der Waals surface area contributed by atoms with Crippen LogP contribution in [0.1, 0.15) is 16.5 Å². The van der Waals surface area contributed by atoms with Gasteiger partial charge in [-0.2, -0.15) is 0 Å². The van der Waals surface area contributed by atoms with Crippen LogP contribution < -0.4 is 16.0 Å². The number of thiophene rings is 1. The molecule has 108 valence electrons. The number of hydrogen-bond donors (Lipinski definition) is 2. The summed E-state index contributed by atoms with van der Waals surface area (Å²) in [4.78, 5) is 1.13. The van der Waals surface area contributed by atoms with Crippen LogP contribution in [-0.2, 0) is 6.42 Å². The third-order valence-corrected chi connectivity index (χ3v) is 6.48. The summed E-state index contributed by atoms with van der Waals surface area (Å²) in [5, 5.41) is 0.685. The highest BCUT2D eigenvalue weighted by atomic mass is 79.9. The molecule has 0 fully saturated rings. The minimum absolute atomic E-state index is 0.00466. The van der Waals surface area contributed by atoms with Gasteiger partial charge < -0.3 is 4.74 Å². The Morgan fingerprint density at radius 2 is 2.15 bits per heavy atom. The minimum atomic E-state index is -0.00466. The van der Waals surface area contributed by atoms with Crippen molar-refractivity contribution in [3.8, 4) is 5.75 Å². The van der Waals surface area contributed by atoms with E-state index in [-0.39, 0.29) is 6.04 Å². The first-order valence-corrected chi connectivity index (χ1v) is 8.56. The number of ether oxygens (including phenoxy) is 1. The summed E-state index contributed by atoms with van der Waals surface area (Å²) in [6.45, 7) is 0. The molecule has 1 aromatic heterocycles. The highest BCUT2D eigenvalue weighted by Crippen LogP contribution is 2.37. The Hall–Kier alpha value is -0.110. The smallest absolute Gasteiger partial charge is 0.122 e. The molecule has 1 aromatic carbocycles. The fourth-order valence-corrected chi connectivity index (χ4v) is 4.25. The Morgan fingerprint density at radius 3 is 2.70 bits per heavy atom. The van der Waals surface area contributed by atoms with Crippen molar-refractivity contribution in [2.75, 3.05) is 7.11 Å². The summed E-state index contributed by atoms with van der Waals surface area (Å²) in [6, 6.07) is 7.63. The molecule has 0 aliphatic carbocycles. The fourth-order valence-electron chi connectivity index (χ4n) is 1.90. The molecule has 0 spiro atoms. The Morgan fingerprint density at radius 1 is 1.40 bits per heavy atom. The first kappa shape index (κ1) is 16.3. The number of nitrogens with one attached hydrogen (secondary N) is 1. The average molecular weight is 441 g/mol. The van der Waals surface area contributed by atoms with Crippen LogP contribution in [0, 0.1) is 0 Å². The van der Waals surface area contributed by atoms with Crippen LogP contribution in [0.25, 0.3) is 0 Å². The van der Waals surface area contributed by atoms with Crippen molar-refractivity contribution in [3.63, 3.8) is 0 Å². The maximum atomic E-state index is 6.06. The van der Waals surface area contributed by atoms with Gasteiger partial charge in [0.1, 0.15) is 5.75 Å². The van der Waals surface area contributed by atoms with Gasteiger partial charge in [-0.05, 0) is 68.1 Å². The van der Waals surface area contributed by atoms with E-state index in [1.807, 2.05) is 18.2 Å². The van der Waals surface area contributed by atoms with Gasteiger partial charge in [-0.3, -0.25) is 11.3 Å². The number of hydrazine groups is 1. The molecule has 7 heteroatoms. The van der Waals surface area contributed by atoms with Crippen molar-refractivity contribution in [2.45, 2.75) is 12.5 Å². The van der Waals surface area contributed by atoms with Gasteiger partial charge in [0.05, 0.1) is 16.9 Å². The highest BCUT2D eigenvalue weighted by molar-refractivity contribution is 9.13. The van der Waals surface area contributed by atoms with E-state index in [1.54, 1.807) is 18.4 Å². The van der Waals surface area contributed by atoms with Crippen molar-refractivity contribution >= 4 is 54.8 Å². The maximum Gasteiger partial charge on any atom is 0.122 e. The molecule has 0 amide bonds. The Kier molecular flexibility index (Phi) is 5.89. The van der Waals surface area contributed by atoms with Gasteiger partial charge in [0.25, 0.3) is 0 Å². The molecule has 0 saturated heterocycles. The first-order chi connectivity index (χ1) is 9.55. The molecule has 0 bridgehead atoms. The molecule has 0 radical (unpaired) electrons. The number of hydrogen-bond acceptors (Lipinski definition) is 4. The van der Waals surface area contributed by atoms with Crippen LogP contribution in [0.3, 0.4) is 0 Å². The van der Waals surface area contributed by atoms with Gasteiger partial charge in [-0.25, -0.2) is 0 Å². The molecule has 20 heavy (non-hydrogen) atoms.